The number of rotatable bonds is 15. The minimum Gasteiger partial charge on any atom is -0.494 e. The first-order valence-corrected chi connectivity index (χ1v) is 17.6. The summed E-state index contributed by atoms with van der Waals surface area (Å²) in [4.78, 5) is 60.0. The molecule has 1 fully saturated rings. The van der Waals surface area contributed by atoms with Gasteiger partial charge in [0.25, 0.3) is 0 Å². The number of likely N-dealkylation sites (N-methyl/N-ethyl adjacent to an activating group) is 1. The number of anilines is 1. The summed E-state index contributed by atoms with van der Waals surface area (Å²) < 4.78 is 35.6. The molecule has 3 aromatic carbocycles. The van der Waals surface area contributed by atoms with Crippen LogP contribution >= 0.6 is 0 Å². The van der Waals surface area contributed by atoms with Crippen molar-refractivity contribution in [2.75, 3.05) is 67.0 Å². The molecule has 1 aliphatic rings. The molecule has 57 heavy (non-hydrogen) atoms. The van der Waals surface area contributed by atoms with Crippen molar-refractivity contribution >= 4 is 40.4 Å². The number of hydrogen-bond donors (Lipinski definition) is 1. The fourth-order valence-electron chi connectivity index (χ4n) is 6.44. The van der Waals surface area contributed by atoms with E-state index in [1.807, 2.05) is 6.07 Å². The van der Waals surface area contributed by atoms with Crippen molar-refractivity contribution in [3.05, 3.63) is 92.9 Å². The second-order valence-electron chi connectivity index (χ2n) is 13.0. The third-order valence-corrected chi connectivity index (χ3v) is 9.52. The van der Waals surface area contributed by atoms with Crippen LogP contribution in [0.3, 0.4) is 0 Å². The molecule has 0 bridgehead atoms. The van der Waals surface area contributed by atoms with Crippen molar-refractivity contribution in [2.24, 2.45) is 7.05 Å². The highest BCUT2D eigenvalue weighted by atomic mass is 16.6. The van der Waals surface area contributed by atoms with Gasteiger partial charge in [0.15, 0.2) is 30.5 Å². The molecule has 300 valence electrons. The van der Waals surface area contributed by atoms with E-state index in [2.05, 4.69) is 32.2 Å². The number of carbonyl (C=O) groups is 3. The number of methoxy groups -OCH3 is 4. The quantitative estimate of drug-likeness (QED) is 0.0682. The number of ketones is 1. The molecule has 19 heteroatoms. The van der Waals surface area contributed by atoms with Gasteiger partial charge in [-0.05, 0) is 53.9 Å². The molecule has 5 aromatic rings. The van der Waals surface area contributed by atoms with Crippen LogP contribution in [-0.2, 0) is 36.4 Å². The number of benzene rings is 3. The SMILES string of the molecule is COc1cc(C(=O)c2nn(COC(=O)c3cccc(CN4CCN(C)CC4)c3)c3c(NC(=O)OCc4cnc([N+](=O)[O-])n4C)c(OC)ccc23)cc(OC)c1OC. The maximum atomic E-state index is 14.3. The number of nitrogens with one attached hydrogen (secondary N) is 1. The minimum atomic E-state index is -0.968. The van der Waals surface area contributed by atoms with Crippen LogP contribution in [0.5, 0.6) is 23.0 Å². The van der Waals surface area contributed by atoms with Crippen molar-refractivity contribution in [1.82, 2.24) is 29.1 Å². The molecule has 0 unspecified atom stereocenters. The molecule has 0 radical (unpaired) electrons. The zero-order chi connectivity index (χ0) is 40.8. The molecular weight excluding hydrogens is 744 g/mol. The van der Waals surface area contributed by atoms with Gasteiger partial charge in [-0.15, -0.1) is 0 Å². The number of hydrogen-bond acceptors (Lipinski definition) is 15. The number of esters is 1. The zero-order valence-electron chi connectivity index (χ0n) is 32.3. The van der Waals surface area contributed by atoms with Crippen LogP contribution in [0.4, 0.5) is 16.4 Å². The Morgan fingerprint density at radius 2 is 1.56 bits per heavy atom. The Balaban J connectivity index is 1.34. The highest BCUT2D eigenvalue weighted by Crippen LogP contribution is 2.40. The van der Waals surface area contributed by atoms with E-state index < -0.39 is 35.4 Å². The number of ether oxygens (including phenoxy) is 6. The number of carbonyl (C=O) groups excluding carboxylic acids is 3. The number of nitrogens with zero attached hydrogens (tertiary/aromatic N) is 7. The van der Waals surface area contributed by atoms with Crippen molar-refractivity contribution in [3.8, 4) is 23.0 Å². The van der Waals surface area contributed by atoms with Gasteiger partial charge in [0.2, 0.25) is 11.5 Å². The summed E-state index contributed by atoms with van der Waals surface area (Å²) in [7, 11) is 9.17. The number of fused-ring (bicyclic) bond motifs is 1. The molecule has 1 N–H and O–H groups in total. The molecule has 0 atom stereocenters. The fraction of sp³-hybridized carbons (Fsp3) is 0.342. The molecule has 0 saturated carbocycles. The van der Waals surface area contributed by atoms with Crippen molar-refractivity contribution in [2.45, 2.75) is 19.9 Å². The summed E-state index contributed by atoms with van der Waals surface area (Å²) in [6.07, 6.45) is 0.253. The smallest absolute Gasteiger partial charge is 0.434 e. The topological polar surface area (TPSA) is 204 Å². The van der Waals surface area contributed by atoms with Crippen LogP contribution in [0.25, 0.3) is 10.9 Å². The third-order valence-electron chi connectivity index (χ3n) is 9.52. The molecular formula is C38H42N8O11. The second kappa shape index (κ2) is 17.4. The highest BCUT2D eigenvalue weighted by Gasteiger charge is 2.27. The Morgan fingerprint density at radius 3 is 2.19 bits per heavy atom. The minimum absolute atomic E-state index is 0.0395. The van der Waals surface area contributed by atoms with Crippen molar-refractivity contribution in [1.29, 1.82) is 0 Å². The Hall–Kier alpha value is -6.73. The highest BCUT2D eigenvalue weighted by molar-refractivity contribution is 6.17. The zero-order valence-corrected chi connectivity index (χ0v) is 32.3. The molecule has 1 saturated heterocycles. The van der Waals surface area contributed by atoms with E-state index in [0.29, 0.717) is 12.1 Å². The third kappa shape index (κ3) is 8.58. The van der Waals surface area contributed by atoms with E-state index >= 15 is 0 Å². The monoisotopic (exact) mass is 786 g/mol. The maximum Gasteiger partial charge on any atom is 0.434 e. The van der Waals surface area contributed by atoms with Crippen LogP contribution in [-0.4, -0.2) is 114 Å². The number of piperazine rings is 1. The van der Waals surface area contributed by atoms with Gasteiger partial charge >= 0.3 is 18.0 Å². The lowest BCUT2D eigenvalue weighted by Crippen LogP contribution is -2.43. The van der Waals surface area contributed by atoms with Gasteiger partial charge in [-0.25, -0.2) is 18.8 Å². The Morgan fingerprint density at radius 1 is 0.860 bits per heavy atom. The van der Waals surface area contributed by atoms with E-state index in [1.165, 1.54) is 69.1 Å². The summed E-state index contributed by atoms with van der Waals surface area (Å²) in [5.41, 5.74) is 1.80. The number of amides is 1. The second-order valence-corrected chi connectivity index (χ2v) is 13.0. The van der Waals surface area contributed by atoms with Gasteiger partial charge in [-0.1, -0.05) is 17.1 Å². The summed E-state index contributed by atoms with van der Waals surface area (Å²) in [5.74, 6) is -0.717. The molecule has 6 rings (SSSR count). The maximum absolute atomic E-state index is 14.3. The normalized spacial score (nSPS) is 13.2. The first-order chi connectivity index (χ1) is 27.5. The lowest BCUT2D eigenvalue weighted by molar-refractivity contribution is -0.396. The van der Waals surface area contributed by atoms with Gasteiger partial charge in [0.05, 0.1) is 41.1 Å². The lowest BCUT2D eigenvalue weighted by Gasteiger charge is -2.32. The molecule has 0 spiro atoms. The van der Waals surface area contributed by atoms with Gasteiger partial charge in [-0.2, -0.15) is 5.10 Å². The van der Waals surface area contributed by atoms with Crippen LogP contribution in [0.1, 0.15) is 37.7 Å². The molecule has 2 aromatic heterocycles. The summed E-state index contributed by atoms with van der Waals surface area (Å²) >= 11 is 0. The van der Waals surface area contributed by atoms with Crippen molar-refractivity contribution in [3.63, 3.8) is 0 Å². The van der Waals surface area contributed by atoms with Gasteiger partial charge in [-0.3, -0.25) is 15.0 Å². The molecule has 1 aliphatic heterocycles. The summed E-state index contributed by atoms with van der Waals surface area (Å²) in [6.45, 7) is 3.57. The average molecular weight is 787 g/mol. The molecule has 0 aliphatic carbocycles. The van der Waals surface area contributed by atoms with Gasteiger partial charge in [0.1, 0.15) is 28.8 Å². The Kier molecular flexibility index (Phi) is 12.2. The van der Waals surface area contributed by atoms with Crippen LogP contribution < -0.4 is 24.3 Å². The lowest BCUT2D eigenvalue weighted by atomic mass is 10.0. The van der Waals surface area contributed by atoms with Crippen LogP contribution in [0.2, 0.25) is 0 Å². The summed E-state index contributed by atoms with van der Waals surface area (Å²) in [6, 6.07) is 13.2. The van der Waals surface area contributed by atoms with Gasteiger partial charge < -0.3 is 43.4 Å². The number of imidazole rings is 1. The first-order valence-electron chi connectivity index (χ1n) is 17.6. The van der Waals surface area contributed by atoms with E-state index in [9.17, 15) is 24.5 Å². The molecule has 3 heterocycles. The average Bonchev–Trinajstić information content (AvgIpc) is 3.79. The van der Waals surface area contributed by atoms with Crippen LogP contribution in [0, 0.1) is 10.1 Å². The number of aromatic nitrogens is 4. The summed E-state index contributed by atoms with van der Waals surface area (Å²) in [5, 5.41) is 18.8. The molecule has 19 nitrogen and oxygen atoms in total. The Bertz CT molecular complexity index is 2290. The van der Waals surface area contributed by atoms with Gasteiger partial charge in [0, 0.05) is 43.7 Å². The predicted octanol–water partition coefficient (Wildman–Crippen LogP) is 4.25. The first kappa shape index (κ1) is 39.9. The van der Waals surface area contributed by atoms with E-state index in [1.54, 1.807) is 24.3 Å². The van der Waals surface area contributed by atoms with Crippen LogP contribution in [0.15, 0.2) is 54.7 Å². The van der Waals surface area contributed by atoms with E-state index in [0.717, 1.165) is 31.7 Å². The number of nitro groups is 1. The van der Waals surface area contributed by atoms with Crippen molar-refractivity contribution < 1.29 is 47.7 Å². The Labute approximate surface area is 326 Å². The van der Waals surface area contributed by atoms with E-state index in [4.69, 9.17) is 28.4 Å². The largest absolute Gasteiger partial charge is 0.494 e. The predicted molar refractivity (Wildman–Crippen MR) is 204 cm³/mol. The molecule has 1 amide bonds. The van der Waals surface area contributed by atoms with E-state index in [-0.39, 0.29) is 63.1 Å². The fourth-order valence-corrected chi connectivity index (χ4v) is 6.44. The standard InChI is InChI=1S/C38H42N8O11/c1-42-12-14-44(15-13-42)20-23-8-7-9-24(16-23)36(48)57-22-45-33-27(31(41-45)34(47)25-17-29(53-4)35(55-6)30(18-25)54-5)10-11-28(52-3)32(33)40-38(49)56-21-26-19-39-37(43(26)2)46(50)51/h7-11,16-19H,12-15,20-22H2,1-6H3,(H,40,49).